The van der Waals surface area contributed by atoms with Crippen LogP contribution in [-0.2, 0) is 23.1 Å². The Morgan fingerprint density at radius 3 is 2.54 bits per heavy atom. The molecule has 7 nitrogen and oxygen atoms in total. The number of hydrogen-bond acceptors (Lipinski definition) is 4. The van der Waals surface area contributed by atoms with Crippen molar-refractivity contribution in [2.75, 3.05) is 6.54 Å². The predicted molar refractivity (Wildman–Crippen MR) is 129 cm³/mol. The summed E-state index contributed by atoms with van der Waals surface area (Å²) in [6, 6.07) is 11.1. The number of nitrogens with one attached hydrogen (secondary N) is 1. The lowest BCUT2D eigenvalue weighted by molar-refractivity contribution is -0.138. The van der Waals surface area contributed by atoms with Crippen molar-refractivity contribution < 1.29 is 22.8 Å². The molecule has 1 N–H and O–H groups in total. The minimum Gasteiger partial charge on any atom is -0.342 e. The summed E-state index contributed by atoms with van der Waals surface area (Å²) in [6.45, 7) is 0.345. The standard InChI is InChI=1S/C27H28F3N5O2/c1-34-22(19(15-31-34)25(28)29)14-23(36)35-13-5-8-21(35)27(37)33-24(17-6-3-2-4-7-17)20-12-11-18(16-9-10-16)26(30)32-20/h2-4,6-7,11-12,15-16,21,24-25H,5,8-10,13-14H2,1H3,(H,33,37)/t21-,24-/m0/s1. The first-order valence-electron chi connectivity index (χ1n) is 12.4. The van der Waals surface area contributed by atoms with Crippen molar-refractivity contribution in [1.82, 2.24) is 25.0 Å². The lowest BCUT2D eigenvalue weighted by Gasteiger charge is -2.27. The molecule has 2 aromatic heterocycles. The Hall–Kier alpha value is -3.69. The number of nitrogens with zero attached hydrogens (tertiary/aromatic N) is 4. The Kier molecular flexibility index (Phi) is 6.99. The van der Waals surface area contributed by atoms with E-state index < -0.39 is 36.3 Å². The summed E-state index contributed by atoms with van der Waals surface area (Å²) in [5.74, 6) is -1.14. The van der Waals surface area contributed by atoms with E-state index in [-0.39, 0.29) is 23.6 Å². The fourth-order valence-corrected chi connectivity index (χ4v) is 4.99. The highest BCUT2D eigenvalue weighted by molar-refractivity contribution is 5.89. The number of aromatic nitrogens is 3. The normalized spacial score (nSPS) is 18.3. The van der Waals surface area contributed by atoms with Crippen molar-refractivity contribution in [3.63, 3.8) is 0 Å². The van der Waals surface area contributed by atoms with Gasteiger partial charge in [-0.3, -0.25) is 14.3 Å². The van der Waals surface area contributed by atoms with Crippen LogP contribution in [0.15, 0.2) is 48.7 Å². The SMILES string of the molecule is Cn1ncc(C(F)F)c1CC(=O)N1CCC[C@H]1C(=O)N[C@@H](c1ccccc1)c1ccc(C2CC2)c(F)n1. The molecule has 1 saturated carbocycles. The maximum Gasteiger partial charge on any atom is 0.267 e. The number of pyridine rings is 1. The van der Waals surface area contributed by atoms with Gasteiger partial charge in [-0.25, -0.2) is 13.8 Å². The van der Waals surface area contributed by atoms with Gasteiger partial charge in [-0.15, -0.1) is 0 Å². The average Bonchev–Trinajstić information content (AvgIpc) is 3.48. The Bertz CT molecular complexity index is 1290. The summed E-state index contributed by atoms with van der Waals surface area (Å²) in [5, 5.41) is 6.82. The molecule has 0 bridgehead atoms. The molecule has 1 aliphatic carbocycles. The maximum atomic E-state index is 14.8. The van der Waals surface area contributed by atoms with Gasteiger partial charge in [0, 0.05) is 19.2 Å². The van der Waals surface area contributed by atoms with Crippen LogP contribution in [0.1, 0.15) is 72.1 Å². The van der Waals surface area contributed by atoms with Gasteiger partial charge in [-0.2, -0.15) is 9.49 Å². The first kappa shape index (κ1) is 25.0. The van der Waals surface area contributed by atoms with Gasteiger partial charge in [0.05, 0.1) is 35.6 Å². The molecule has 0 unspecified atom stereocenters. The number of benzene rings is 1. The van der Waals surface area contributed by atoms with Crippen LogP contribution in [0.5, 0.6) is 0 Å². The first-order chi connectivity index (χ1) is 17.8. The summed E-state index contributed by atoms with van der Waals surface area (Å²) < 4.78 is 42.8. The average molecular weight is 512 g/mol. The number of likely N-dealkylation sites (tertiary alicyclic amines) is 1. The zero-order chi connectivity index (χ0) is 26.1. The smallest absolute Gasteiger partial charge is 0.267 e. The van der Waals surface area contributed by atoms with Crippen LogP contribution < -0.4 is 5.32 Å². The third kappa shape index (κ3) is 5.23. The van der Waals surface area contributed by atoms with Crippen molar-refractivity contribution >= 4 is 11.8 Å². The summed E-state index contributed by atoms with van der Waals surface area (Å²) in [7, 11) is 1.51. The molecule has 10 heteroatoms. The van der Waals surface area contributed by atoms with E-state index in [4.69, 9.17) is 0 Å². The number of amides is 2. The molecule has 3 heterocycles. The third-order valence-corrected chi connectivity index (χ3v) is 7.16. The largest absolute Gasteiger partial charge is 0.342 e. The van der Waals surface area contributed by atoms with Crippen LogP contribution in [0.4, 0.5) is 13.2 Å². The van der Waals surface area contributed by atoms with Gasteiger partial charge in [0.15, 0.2) is 0 Å². The Labute approximate surface area is 212 Å². The van der Waals surface area contributed by atoms with E-state index in [2.05, 4.69) is 15.4 Å². The zero-order valence-corrected chi connectivity index (χ0v) is 20.4. The number of rotatable bonds is 8. The lowest BCUT2D eigenvalue weighted by atomic mass is 10.0. The van der Waals surface area contributed by atoms with Crippen molar-refractivity contribution in [2.45, 2.75) is 56.5 Å². The second-order valence-corrected chi connectivity index (χ2v) is 9.64. The molecule has 0 radical (unpaired) electrons. The molecule has 37 heavy (non-hydrogen) atoms. The molecule has 2 fully saturated rings. The van der Waals surface area contributed by atoms with Gasteiger partial charge < -0.3 is 10.2 Å². The van der Waals surface area contributed by atoms with Gasteiger partial charge in [0.1, 0.15) is 6.04 Å². The molecule has 2 aliphatic rings. The number of carbonyl (C=O) groups excluding carboxylic acids is 2. The summed E-state index contributed by atoms with van der Waals surface area (Å²) in [4.78, 5) is 32.2. The van der Waals surface area contributed by atoms with Crippen LogP contribution in [0, 0.1) is 5.95 Å². The second-order valence-electron chi connectivity index (χ2n) is 9.64. The number of alkyl halides is 2. The van der Waals surface area contributed by atoms with Crippen LogP contribution in [0.3, 0.4) is 0 Å². The van der Waals surface area contributed by atoms with Gasteiger partial charge in [-0.05, 0) is 43.2 Å². The molecule has 1 aliphatic heterocycles. The fraction of sp³-hybridized carbons (Fsp3) is 0.407. The molecule has 194 valence electrons. The van der Waals surface area contributed by atoms with Crippen LogP contribution >= 0.6 is 0 Å². The monoisotopic (exact) mass is 511 g/mol. The third-order valence-electron chi connectivity index (χ3n) is 7.16. The van der Waals surface area contributed by atoms with Gasteiger partial charge >= 0.3 is 0 Å². The summed E-state index contributed by atoms with van der Waals surface area (Å²) in [5.41, 5.74) is 1.53. The van der Waals surface area contributed by atoms with Crippen LogP contribution in [0.25, 0.3) is 0 Å². The van der Waals surface area contributed by atoms with E-state index in [1.807, 2.05) is 30.3 Å². The minimum atomic E-state index is -2.75. The lowest BCUT2D eigenvalue weighted by Crippen LogP contribution is -2.47. The molecule has 2 atom stereocenters. The Balaban J connectivity index is 1.36. The summed E-state index contributed by atoms with van der Waals surface area (Å²) >= 11 is 0. The van der Waals surface area contributed by atoms with E-state index in [9.17, 15) is 22.8 Å². The molecule has 0 spiro atoms. The maximum absolute atomic E-state index is 14.8. The topological polar surface area (TPSA) is 80.1 Å². The van der Waals surface area contributed by atoms with E-state index >= 15 is 0 Å². The molecule has 3 aromatic rings. The first-order valence-corrected chi connectivity index (χ1v) is 12.4. The van der Waals surface area contributed by atoms with Crippen LogP contribution in [0.2, 0.25) is 0 Å². The molecule has 2 amide bonds. The molecule has 1 saturated heterocycles. The highest BCUT2D eigenvalue weighted by atomic mass is 19.3. The van der Waals surface area contributed by atoms with Crippen molar-refractivity contribution in [1.29, 1.82) is 0 Å². The van der Waals surface area contributed by atoms with Gasteiger partial charge in [-0.1, -0.05) is 36.4 Å². The van der Waals surface area contributed by atoms with E-state index in [0.29, 0.717) is 30.6 Å². The number of halogens is 3. The fourth-order valence-electron chi connectivity index (χ4n) is 4.99. The van der Waals surface area contributed by atoms with Crippen molar-refractivity contribution in [3.05, 3.63) is 82.7 Å². The van der Waals surface area contributed by atoms with Crippen molar-refractivity contribution in [2.24, 2.45) is 7.05 Å². The van der Waals surface area contributed by atoms with Crippen LogP contribution in [-0.4, -0.2) is 44.1 Å². The second kappa shape index (κ2) is 10.4. The quantitative estimate of drug-likeness (QED) is 0.460. The molecular weight excluding hydrogens is 483 g/mol. The number of carbonyl (C=O) groups is 2. The molecule has 1 aromatic carbocycles. The highest BCUT2D eigenvalue weighted by Crippen LogP contribution is 2.41. The Morgan fingerprint density at radius 1 is 1.11 bits per heavy atom. The van der Waals surface area contributed by atoms with E-state index in [1.54, 1.807) is 12.1 Å². The minimum absolute atomic E-state index is 0.128. The van der Waals surface area contributed by atoms with E-state index in [0.717, 1.165) is 24.6 Å². The number of aryl methyl sites for hydroxylation is 1. The summed E-state index contributed by atoms with van der Waals surface area (Å²) in [6.07, 6.45) is 0.967. The highest BCUT2D eigenvalue weighted by Gasteiger charge is 2.36. The predicted octanol–water partition coefficient (Wildman–Crippen LogP) is 4.21. The van der Waals surface area contributed by atoms with Gasteiger partial charge in [0.25, 0.3) is 6.43 Å². The molecule has 5 rings (SSSR count). The molecular formula is C27H28F3N5O2. The van der Waals surface area contributed by atoms with E-state index in [1.165, 1.54) is 16.6 Å². The number of hydrogen-bond donors (Lipinski definition) is 1. The Morgan fingerprint density at radius 2 is 1.86 bits per heavy atom. The van der Waals surface area contributed by atoms with Crippen molar-refractivity contribution in [3.8, 4) is 0 Å². The van der Waals surface area contributed by atoms with Gasteiger partial charge in [0.2, 0.25) is 17.8 Å². The zero-order valence-electron chi connectivity index (χ0n) is 20.4.